The molecule has 0 aliphatic heterocycles. The Morgan fingerprint density at radius 1 is 1.21 bits per heavy atom. The first-order valence-electron chi connectivity index (χ1n) is 9.63. The van der Waals surface area contributed by atoms with Gasteiger partial charge in [0.1, 0.15) is 5.78 Å². The van der Waals surface area contributed by atoms with Gasteiger partial charge in [-0.1, -0.05) is 13.8 Å². The summed E-state index contributed by atoms with van der Waals surface area (Å²) >= 11 is 0. The Labute approximate surface area is 145 Å². The zero-order valence-corrected chi connectivity index (χ0v) is 15.3. The first-order chi connectivity index (χ1) is 11.2. The minimum Gasteiger partial charge on any atom is -0.481 e. The Bertz CT molecular complexity index is 528. The van der Waals surface area contributed by atoms with Gasteiger partial charge in [-0.05, 0) is 74.5 Å². The van der Waals surface area contributed by atoms with E-state index in [1.165, 1.54) is 0 Å². The van der Waals surface area contributed by atoms with Crippen molar-refractivity contribution >= 4 is 11.8 Å². The van der Waals surface area contributed by atoms with E-state index in [1.807, 2.05) is 13.8 Å². The quantitative estimate of drug-likeness (QED) is 0.821. The van der Waals surface area contributed by atoms with Crippen LogP contribution >= 0.6 is 0 Å². The fourth-order valence-electron chi connectivity index (χ4n) is 6.80. The van der Waals surface area contributed by atoms with E-state index >= 15 is 0 Å². The minimum atomic E-state index is -0.804. The van der Waals surface area contributed by atoms with Gasteiger partial charge in [-0.25, -0.2) is 0 Å². The lowest BCUT2D eigenvalue weighted by Crippen LogP contribution is -2.53. The number of carboxylic acid groups (broad SMARTS) is 1. The number of hydrogen-bond donors (Lipinski definition) is 2. The van der Waals surface area contributed by atoms with E-state index in [0.29, 0.717) is 36.5 Å². The van der Waals surface area contributed by atoms with Crippen LogP contribution in [-0.4, -0.2) is 28.1 Å². The van der Waals surface area contributed by atoms with Gasteiger partial charge in [-0.15, -0.1) is 0 Å². The molecule has 0 bridgehead atoms. The van der Waals surface area contributed by atoms with Crippen LogP contribution in [0.3, 0.4) is 0 Å². The van der Waals surface area contributed by atoms with Crippen molar-refractivity contribution in [2.75, 3.05) is 0 Å². The van der Waals surface area contributed by atoms with Crippen LogP contribution in [0, 0.1) is 34.5 Å². The van der Waals surface area contributed by atoms with Crippen LogP contribution in [-0.2, 0) is 9.59 Å². The van der Waals surface area contributed by atoms with Gasteiger partial charge in [0.15, 0.2) is 0 Å². The molecule has 3 aliphatic carbocycles. The molecule has 3 rings (SSSR count). The van der Waals surface area contributed by atoms with E-state index in [1.54, 1.807) is 0 Å². The number of carboxylic acids is 1. The monoisotopic (exact) mass is 336 g/mol. The Hall–Kier alpha value is -0.900. The fraction of sp³-hybridized carbons (Fsp3) is 0.900. The second-order valence-corrected chi connectivity index (χ2v) is 9.12. The highest BCUT2D eigenvalue weighted by molar-refractivity contribution is 5.86. The van der Waals surface area contributed by atoms with Crippen molar-refractivity contribution in [2.45, 2.75) is 78.2 Å². The number of hydrogen-bond acceptors (Lipinski definition) is 3. The van der Waals surface area contributed by atoms with Gasteiger partial charge >= 0.3 is 5.97 Å². The summed E-state index contributed by atoms with van der Waals surface area (Å²) in [5, 5.41) is 19.3. The first-order valence-corrected chi connectivity index (χ1v) is 9.63. The summed E-state index contributed by atoms with van der Waals surface area (Å²) in [4.78, 5) is 23.8. The number of aliphatic hydroxyl groups excluding tert-OH is 1. The molecule has 3 unspecified atom stereocenters. The molecule has 0 amide bonds. The number of ketones is 1. The van der Waals surface area contributed by atoms with Crippen molar-refractivity contribution in [3.8, 4) is 0 Å². The molecule has 2 N–H and O–H groups in total. The van der Waals surface area contributed by atoms with Crippen molar-refractivity contribution in [1.82, 2.24) is 0 Å². The van der Waals surface area contributed by atoms with Crippen molar-refractivity contribution < 1.29 is 19.8 Å². The van der Waals surface area contributed by atoms with Crippen molar-refractivity contribution in [1.29, 1.82) is 0 Å². The lowest BCUT2D eigenvalue weighted by Gasteiger charge is -2.56. The second kappa shape index (κ2) is 6.12. The summed E-state index contributed by atoms with van der Waals surface area (Å²) in [5.41, 5.74) is -0.283. The third kappa shape index (κ3) is 2.61. The highest BCUT2D eigenvalue weighted by Gasteiger charge is 2.59. The molecule has 0 saturated heterocycles. The minimum absolute atomic E-state index is 0.0870. The first kappa shape index (κ1) is 17.9. The topological polar surface area (TPSA) is 74.6 Å². The lowest BCUT2D eigenvalue weighted by molar-refractivity contribution is -0.149. The van der Waals surface area contributed by atoms with Gasteiger partial charge < -0.3 is 10.2 Å². The Morgan fingerprint density at radius 3 is 2.54 bits per heavy atom. The molecule has 3 saturated carbocycles. The maximum Gasteiger partial charge on any atom is 0.303 e. The molecule has 4 heteroatoms. The number of aliphatic carboxylic acids is 1. The fourth-order valence-corrected chi connectivity index (χ4v) is 6.80. The molecule has 3 fully saturated rings. The summed E-state index contributed by atoms with van der Waals surface area (Å²) < 4.78 is 0. The number of Topliss-reactive ketones (excluding diaryl/α,β-unsaturated/α-hetero) is 1. The second-order valence-electron chi connectivity index (χ2n) is 9.12. The molecule has 3 aliphatic rings. The summed E-state index contributed by atoms with van der Waals surface area (Å²) in [5.74, 6) is 1.26. The smallest absolute Gasteiger partial charge is 0.303 e. The molecule has 7 atom stereocenters. The summed E-state index contributed by atoms with van der Waals surface area (Å²) in [6.45, 7) is 6.30. The van der Waals surface area contributed by atoms with Crippen LogP contribution < -0.4 is 0 Å². The van der Waals surface area contributed by atoms with E-state index in [4.69, 9.17) is 5.11 Å². The van der Waals surface area contributed by atoms with E-state index in [0.717, 1.165) is 32.1 Å². The van der Waals surface area contributed by atoms with Crippen molar-refractivity contribution in [3.63, 3.8) is 0 Å². The molecular weight excluding hydrogens is 304 g/mol. The van der Waals surface area contributed by atoms with E-state index in [9.17, 15) is 14.7 Å². The number of aliphatic hydroxyl groups is 1. The number of carbonyl (C=O) groups excluding carboxylic acids is 1. The summed E-state index contributed by atoms with van der Waals surface area (Å²) in [6, 6.07) is 0. The maximum absolute atomic E-state index is 12.7. The Kier molecular flexibility index (Phi) is 4.57. The molecule has 136 valence electrons. The Morgan fingerprint density at radius 2 is 1.92 bits per heavy atom. The summed E-state index contributed by atoms with van der Waals surface area (Å²) in [7, 11) is 0. The third-order valence-electron chi connectivity index (χ3n) is 8.11. The molecule has 0 spiro atoms. The van der Waals surface area contributed by atoms with Crippen LogP contribution in [0.25, 0.3) is 0 Å². The average Bonchev–Trinajstić information content (AvgIpc) is 2.86. The predicted molar refractivity (Wildman–Crippen MR) is 91.4 cm³/mol. The zero-order chi connectivity index (χ0) is 17.7. The third-order valence-corrected chi connectivity index (χ3v) is 8.11. The highest BCUT2D eigenvalue weighted by Crippen LogP contribution is 2.65. The van der Waals surface area contributed by atoms with E-state index in [2.05, 4.69) is 6.92 Å². The molecule has 0 aromatic heterocycles. The van der Waals surface area contributed by atoms with E-state index in [-0.39, 0.29) is 23.7 Å². The normalized spacial score (nSPS) is 46.2. The van der Waals surface area contributed by atoms with Crippen LogP contribution in [0.5, 0.6) is 0 Å². The SMILES string of the molecule is C[C@H](O)[C@H]1CC[C@H]2C3CCC(=O)[C@@](C)(CCC(=O)O)C3CCC12C. The van der Waals surface area contributed by atoms with Gasteiger partial charge in [0, 0.05) is 18.3 Å². The molecule has 0 aromatic rings. The molecule has 0 aromatic carbocycles. The number of fused-ring (bicyclic) bond motifs is 3. The molecule has 24 heavy (non-hydrogen) atoms. The van der Waals surface area contributed by atoms with Crippen LogP contribution in [0.15, 0.2) is 0 Å². The zero-order valence-electron chi connectivity index (χ0n) is 15.3. The predicted octanol–water partition coefficient (Wildman–Crippen LogP) is 3.66. The van der Waals surface area contributed by atoms with Gasteiger partial charge in [0.25, 0.3) is 0 Å². The molecule has 4 nitrogen and oxygen atoms in total. The van der Waals surface area contributed by atoms with Crippen molar-refractivity contribution in [2.24, 2.45) is 34.5 Å². The highest BCUT2D eigenvalue weighted by atomic mass is 16.4. The van der Waals surface area contributed by atoms with E-state index < -0.39 is 11.4 Å². The average molecular weight is 336 g/mol. The lowest BCUT2D eigenvalue weighted by atomic mass is 9.48. The summed E-state index contributed by atoms with van der Waals surface area (Å²) in [6.07, 6.45) is 6.16. The molecule has 0 radical (unpaired) electrons. The van der Waals surface area contributed by atoms with Gasteiger partial charge in [-0.3, -0.25) is 9.59 Å². The maximum atomic E-state index is 12.7. The largest absolute Gasteiger partial charge is 0.481 e. The standard InChI is InChI=1S/C20H32O4/c1-12(21)14-5-6-15-13-4-7-17(22)20(3,11-9-18(23)24)16(13)8-10-19(14,15)2/h12-16,21H,4-11H2,1-3H3,(H,23,24)/t12-,13?,14+,15-,16?,19?,20-/m0/s1. The van der Waals surface area contributed by atoms with Crippen LogP contribution in [0.2, 0.25) is 0 Å². The van der Waals surface area contributed by atoms with Crippen LogP contribution in [0.1, 0.15) is 72.1 Å². The van der Waals surface area contributed by atoms with Crippen LogP contribution in [0.4, 0.5) is 0 Å². The Balaban J connectivity index is 1.86. The van der Waals surface area contributed by atoms with Gasteiger partial charge in [-0.2, -0.15) is 0 Å². The molecular formula is C20H32O4. The van der Waals surface area contributed by atoms with Gasteiger partial charge in [0.05, 0.1) is 6.10 Å². The van der Waals surface area contributed by atoms with Crippen molar-refractivity contribution in [3.05, 3.63) is 0 Å². The molecule has 0 heterocycles. The number of rotatable bonds is 4. The van der Waals surface area contributed by atoms with Gasteiger partial charge in [0.2, 0.25) is 0 Å². The number of carbonyl (C=O) groups is 2.